The molecule has 1 N–H and O–H groups in total. The maximum absolute atomic E-state index is 12.0. The van der Waals surface area contributed by atoms with Gasteiger partial charge in [-0.25, -0.2) is 0 Å². The van der Waals surface area contributed by atoms with Crippen LogP contribution in [0.1, 0.15) is 10.4 Å². The summed E-state index contributed by atoms with van der Waals surface area (Å²) in [5, 5.41) is 2.80. The molecule has 2 heterocycles. The highest BCUT2D eigenvalue weighted by Crippen LogP contribution is 2.24. The predicted molar refractivity (Wildman–Crippen MR) is 72.9 cm³/mol. The van der Waals surface area contributed by atoms with Gasteiger partial charge in [-0.2, -0.15) is 0 Å². The van der Waals surface area contributed by atoms with E-state index >= 15 is 0 Å². The second-order valence-electron chi connectivity index (χ2n) is 3.85. The van der Waals surface area contributed by atoms with E-state index < -0.39 is 0 Å². The van der Waals surface area contributed by atoms with Gasteiger partial charge in [0, 0.05) is 20.3 Å². The number of nitrogens with zero attached hydrogens (tertiary/aromatic N) is 2. The molecular formula is C12H12BrN3O2. The molecule has 6 heteroatoms. The topological polar surface area (TPSA) is 58.4 Å². The quantitative estimate of drug-likeness (QED) is 0.947. The summed E-state index contributed by atoms with van der Waals surface area (Å²) in [6, 6.07) is 3.44. The molecule has 0 saturated heterocycles. The lowest BCUT2D eigenvalue weighted by molar-refractivity contribution is 0.102. The van der Waals surface area contributed by atoms with E-state index in [1.807, 2.05) is 25.1 Å². The summed E-state index contributed by atoms with van der Waals surface area (Å²) in [5.74, 6) is -0.244. The van der Waals surface area contributed by atoms with E-state index in [0.717, 1.165) is 5.69 Å². The van der Waals surface area contributed by atoms with Crippen molar-refractivity contribution in [1.82, 2.24) is 4.98 Å². The first-order valence-corrected chi connectivity index (χ1v) is 6.04. The molecule has 18 heavy (non-hydrogen) atoms. The van der Waals surface area contributed by atoms with E-state index in [9.17, 15) is 4.79 Å². The van der Waals surface area contributed by atoms with Crippen molar-refractivity contribution in [1.29, 1.82) is 0 Å². The molecule has 0 atom stereocenters. The van der Waals surface area contributed by atoms with Crippen molar-refractivity contribution >= 4 is 33.2 Å². The lowest BCUT2D eigenvalue weighted by Crippen LogP contribution is -2.16. The number of hydrogen-bond donors (Lipinski definition) is 1. The first-order chi connectivity index (χ1) is 8.59. The van der Waals surface area contributed by atoms with Crippen LogP contribution in [-0.4, -0.2) is 25.0 Å². The second kappa shape index (κ2) is 5.22. The third-order valence-corrected chi connectivity index (χ3v) is 3.00. The van der Waals surface area contributed by atoms with Gasteiger partial charge in [-0.15, -0.1) is 0 Å². The van der Waals surface area contributed by atoms with Crippen LogP contribution in [0.3, 0.4) is 0 Å². The molecule has 2 aromatic heterocycles. The van der Waals surface area contributed by atoms with Crippen LogP contribution in [-0.2, 0) is 0 Å². The Morgan fingerprint density at radius 1 is 1.44 bits per heavy atom. The summed E-state index contributed by atoms with van der Waals surface area (Å²) in [6.07, 6.45) is 4.75. The number of aromatic nitrogens is 1. The highest BCUT2D eigenvalue weighted by Gasteiger charge is 2.14. The molecule has 0 aliphatic heterocycles. The molecule has 0 radical (unpaired) electrons. The van der Waals surface area contributed by atoms with Crippen molar-refractivity contribution < 1.29 is 9.21 Å². The molecule has 0 unspecified atom stereocenters. The zero-order valence-electron chi connectivity index (χ0n) is 9.98. The Balaban J connectivity index is 2.25. The van der Waals surface area contributed by atoms with Gasteiger partial charge >= 0.3 is 0 Å². The van der Waals surface area contributed by atoms with Crippen molar-refractivity contribution in [2.75, 3.05) is 24.3 Å². The van der Waals surface area contributed by atoms with Crippen LogP contribution in [0.2, 0.25) is 0 Å². The van der Waals surface area contributed by atoms with Gasteiger partial charge in [-0.05, 0) is 28.1 Å². The maximum Gasteiger partial charge on any atom is 0.260 e. The smallest absolute Gasteiger partial charge is 0.260 e. The molecule has 0 aliphatic carbocycles. The first-order valence-electron chi connectivity index (χ1n) is 5.25. The largest absolute Gasteiger partial charge is 0.457 e. The van der Waals surface area contributed by atoms with Gasteiger partial charge in [0.15, 0.2) is 4.67 Å². The van der Waals surface area contributed by atoms with Gasteiger partial charge in [-0.3, -0.25) is 9.78 Å². The Morgan fingerprint density at radius 2 is 2.22 bits per heavy atom. The Morgan fingerprint density at radius 3 is 2.83 bits per heavy atom. The molecule has 0 aromatic carbocycles. The van der Waals surface area contributed by atoms with Crippen LogP contribution < -0.4 is 10.2 Å². The summed E-state index contributed by atoms with van der Waals surface area (Å²) in [5.41, 5.74) is 1.99. The van der Waals surface area contributed by atoms with Gasteiger partial charge in [0.2, 0.25) is 0 Å². The number of carbonyl (C=O) groups is 1. The molecule has 0 spiro atoms. The fourth-order valence-corrected chi connectivity index (χ4v) is 1.94. The van der Waals surface area contributed by atoms with Gasteiger partial charge < -0.3 is 14.6 Å². The third-order valence-electron chi connectivity index (χ3n) is 2.39. The van der Waals surface area contributed by atoms with Crippen molar-refractivity contribution in [3.63, 3.8) is 0 Å². The van der Waals surface area contributed by atoms with Crippen molar-refractivity contribution in [2.24, 2.45) is 0 Å². The zero-order chi connectivity index (χ0) is 13.1. The highest BCUT2D eigenvalue weighted by molar-refractivity contribution is 9.10. The molecule has 5 nitrogen and oxygen atoms in total. The fraction of sp³-hybridized carbons (Fsp3) is 0.167. The number of anilines is 2. The van der Waals surface area contributed by atoms with E-state index in [1.54, 1.807) is 18.5 Å². The molecule has 0 saturated carbocycles. The number of amides is 1. The number of nitrogens with one attached hydrogen (secondary N) is 1. The van der Waals surface area contributed by atoms with Crippen molar-refractivity contribution in [3.05, 3.63) is 41.0 Å². The van der Waals surface area contributed by atoms with E-state index in [1.165, 1.54) is 6.26 Å². The Hall–Kier alpha value is -1.82. The van der Waals surface area contributed by atoms with Crippen LogP contribution in [0.4, 0.5) is 11.4 Å². The van der Waals surface area contributed by atoms with Gasteiger partial charge in [0.1, 0.15) is 0 Å². The highest BCUT2D eigenvalue weighted by atomic mass is 79.9. The summed E-state index contributed by atoms with van der Waals surface area (Å²) in [4.78, 5) is 17.9. The maximum atomic E-state index is 12.0. The minimum atomic E-state index is -0.244. The standard InChI is InChI=1S/C12H12BrN3O2/c1-16(2)10-3-5-14-7-9(10)15-12(17)8-4-6-18-11(8)13/h3-7H,1-2H3,(H,15,17). The molecule has 1 amide bonds. The lowest BCUT2D eigenvalue weighted by atomic mass is 10.3. The van der Waals surface area contributed by atoms with Crippen LogP contribution in [0, 0.1) is 0 Å². The van der Waals surface area contributed by atoms with E-state index in [2.05, 4.69) is 26.2 Å². The second-order valence-corrected chi connectivity index (χ2v) is 4.57. The Kier molecular flexibility index (Phi) is 3.66. The Labute approximate surface area is 113 Å². The van der Waals surface area contributed by atoms with Gasteiger partial charge in [-0.1, -0.05) is 0 Å². The average Bonchev–Trinajstić information content (AvgIpc) is 2.76. The number of rotatable bonds is 3. The number of furan rings is 1. The van der Waals surface area contributed by atoms with Crippen molar-refractivity contribution in [2.45, 2.75) is 0 Å². The minimum absolute atomic E-state index is 0.244. The summed E-state index contributed by atoms with van der Waals surface area (Å²) >= 11 is 3.17. The number of pyridine rings is 1. The van der Waals surface area contributed by atoms with Crippen LogP contribution >= 0.6 is 15.9 Å². The fourth-order valence-electron chi connectivity index (χ4n) is 1.52. The SMILES string of the molecule is CN(C)c1ccncc1NC(=O)c1ccoc1Br. The summed E-state index contributed by atoms with van der Waals surface area (Å²) in [7, 11) is 3.80. The minimum Gasteiger partial charge on any atom is -0.457 e. The predicted octanol–water partition coefficient (Wildman–Crippen LogP) is 2.76. The molecule has 94 valence electrons. The summed E-state index contributed by atoms with van der Waals surface area (Å²) < 4.78 is 5.44. The van der Waals surface area contributed by atoms with E-state index in [4.69, 9.17) is 4.42 Å². The first kappa shape index (κ1) is 12.6. The van der Waals surface area contributed by atoms with Crippen LogP contribution in [0.5, 0.6) is 0 Å². The zero-order valence-corrected chi connectivity index (χ0v) is 11.6. The van der Waals surface area contributed by atoms with E-state index in [0.29, 0.717) is 15.9 Å². The monoisotopic (exact) mass is 309 g/mol. The molecular weight excluding hydrogens is 298 g/mol. The van der Waals surface area contributed by atoms with Gasteiger partial charge in [0.25, 0.3) is 5.91 Å². The number of halogens is 1. The van der Waals surface area contributed by atoms with Gasteiger partial charge in [0.05, 0.1) is 29.4 Å². The molecule has 2 rings (SSSR count). The number of carbonyl (C=O) groups excluding carboxylic acids is 1. The summed E-state index contributed by atoms with van der Waals surface area (Å²) in [6.45, 7) is 0. The van der Waals surface area contributed by atoms with E-state index in [-0.39, 0.29) is 5.91 Å². The molecule has 0 aliphatic rings. The number of hydrogen-bond acceptors (Lipinski definition) is 4. The Bertz CT molecular complexity index is 566. The van der Waals surface area contributed by atoms with Crippen LogP contribution in [0.25, 0.3) is 0 Å². The molecule has 0 bridgehead atoms. The lowest BCUT2D eigenvalue weighted by Gasteiger charge is -2.16. The van der Waals surface area contributed by atoms with Crippen molar-refractivity contribution in [3.8, 4) is 0 Å². The normalized spacial score (nSPS) is 10.2. The average molecular weight is 310 g/mol. The molecule has 0 fully saturated rings. The third kappa shape index (κ3) is 2.53. The molecule has 2 aromatic rings. The van der Waals surface area contributed by atoms with Crippen LogP contribution in [0.15, 0.2) is 39.9 Å².